The number of aliphatic hydroxyl groups excluding tert-OH is 1. The van der Waals surface area contributed by atoms with E-state index in [2.05, 4.69) is 42.2 Å². The lowest BCUT2D eigenvalue weighted by molar-refractivity contribution is -0.135. The number of aliphatic imine (C=N–C) groups is 1. The molecule has 0 aromatic rings. The van der Waals surface area contributed by atoms with Gasteiger partial charge >= 0.3 is 0 Å². The lowest BCUT2D eigenvalue weighted by Gasteiger charge is -2.30. The maximum atomic E-state index is 14.0. The van der Waals surface area contributed by atoms with Crippen LogP contribution in [0.4, 0.5) is 0 Å². The third-order valence-electron chi connectivity index (χ3n) is 10.3. The van der Waals surface area contributed by atoms with E-state index in [0.29, 0.717) is 44.9 Å². The Morgan fingerprint density at radius 1 is 0.565 bits per heavy atom. The van der Waals surface area contributed by atoms with Gasteiger partial charge in [0.25, 0.3) is 0 Å². The number of carbonyl (C=O) groups excluding carboxylic acids is 8. The summed E-state index contributed by atoms with van der Waals surface area (Å²) in [5.74, 6) is -5.62. The van der Waals surface area contributed by atoms with Crippen molar-refractivity contribution in [1.29, 1.82) is 0 Å². The van der Waals surface area contributed by atoms with Crippen LogP contribution in [0.15, 0.2) is 4.99 Å². The molecule has 0 saturated heterocycles. The quantitative estimate of drug-likeness (QED) is 0.0203. The lowest BCUT2D eigenvalue weighted by Crippen LogP contribution is -2.60. The van der Waals surface area contributed by atoms with Crippen LogP contribution < -0.4 is 60.2 Å². The molecule has 0 aliphatic rings. The third-order valence-corrected chi connectivity index (χ3v) is 10.3. The van der Waals surface area contributed by atoms with Crippen LogP contribution in [0, 0.1) is 5.92 Å². The molecule has 9 atom stereocenters. The minimum atomic E-state index is -1.31. The zero-order valence-corrected chi connectivity index (χ0v) is 38.0. The molecule has 8 amide bonds. The number of amides is 8. The van der Waals surface area contributed by atoms with Crippen molar-refractivity contribution in [3.05, 3.63) is 0 Å². The van der Waals surface area contributed by atoms with Crippen LogP contribution >= 0.6 is 0 Å². The fourth-order valence-electron chi connectivity index (χ4n) is 6.39. The van der Waals surface area contributed by atoms with Crippen LogP contribution in [0.5, 0.6) is 0 Å². The summed E-state index contributed by atoms with van der Waals surface area (Å²) in [6.07, 6.45) is 4.65. The van der Waals surface area contributed by atoms with Crippen LogP contribution in [0.1, 0.15) is 138 Å². The molecule has 0 bridgehead atoms. The maximum absolute atomic E-state index is 14.0. The second-order valence-corrected chi connectivity index (χ2v) is 15.9. The molecule has 0 rings (SSSR count). The van der Waals surface area contributed by atoms with E-state index < -0.39 is 95.7 Å². The van der Waals surface area contributed by atoms with Crippen molar-refractivity contribution in [2.24, 2.45) is 33.8 Å². The van der Waals surface area contributed by atoms with Crippen molar-refractivity contribution < 1.29 is 43.5 Å². The number of aliphatic hydroxyl groups is 1. The molecule has 0 aliphatic heterocycles. The molecule has 0 heterocycles. The average molecular weight is 883 g/mol. The molecule has 0 fully saturated rings. The van der Waals surface area contributed by atoms with Gasteiger partial charge < -0.3 is 65.3 Å². The van der Waals surface area contributed by atoms with Crippen LogP contribution in [-0.4, -0.2) is 120 Å². The predicted octanol–water partition coefficient (Wildman–Crippen LogP) is -1.32. The molecule has 0 unspecified atom stereocenters. The van der Waals surface area contributed by atoms with E-state index in [4.69, 9.17) is 22.9 Å². The fourth-order valence-corrected chi connectivity index (χ4v) is 6.39. The van der Waals surface area contributed by atoms with Gasteiger partial charge in [0.05, 0.1) is 12.1 Å². The van der Waals surface area contributed by atoms with Gasteiger partial charge in [-0.25, -0.2) is 0 Å². The van der Waals surface area contributed by atoms with E-state index in [-0.39, 0.29) is 50.7 Å². The SMILES string of the molecule is CCCC[C@@H](CN[C@@H](CCCC)C(=O)N[C@@H](CCCC)C(=O)N[C@@H](CCC(N)=O)C(=O)N[C@@H](CCCN=C(N)N)C(N)=O)NC(=O)[C@@H](NC(=O)[C@@H](NC(C)=O)[C@@H](C)O)[C@@H](C)CC. The molecular weight excluding hydrogens is 805 g/mol. The zero-order valence-electron chi connectivity index (χ0n) is 38.0. The fraction of sp³-hybridized carbons (Fsp3) is 0.780. The highest BCUT2D eigenvalue weighted by atomic mass is 16.3. The number of hydrogen-bond acceptors (Lipinski definition) is 11. The van der Waals surface area contributed by atoms with Gasteiger partial charge in [-0.2, -0.15) is 0 Å². The zero-order chi connectivity index (χ0) is 47.4. The Labute approximate surface area is 367 Å². The molecule has 0 spiro atoms. The molecule has 0 saturated carbocycles. The van der Waals surface area contributed by atoms with Crippen molar-refractivity contribution in [1.82, 2.24) is 37.2 Å². The number of nitrogens with two attached hydrogens (primary N) is 4. The third kappa shape index (κ3) is 23.8. The van der Waals surface area contributed by atoms with E-state index in [1.165, 1.54) is 13.8 Å². The summed E-state index contributed by atoms with van der Waals surface area (Å²) in [5.41, 5.74) is 21.6. The van der Waals surface area contributed by atoms with Gasteiger partial charge in [0.15, 0.2) is 5.96 Å². The molecular formula is C41H78N12O9. The van der Waals surface area contributed by atoms with Crippen LogP contribution in [0.25, 0.3) is 0 Å². The predicted molar refractivity (Wildman–Crippen MR) is 236 cm³/mol. The van der Waals surface area contributed by atoms with Gasteiger partial charge in [0.1, 0.15) is 30.2 Å². The second kappa shape index (κ2) is 31.7. The Balaban J connectivity index is 6.28. The summed E-state index contributed by atoms with van der Waals surface area (Å²) >= 11 is 0. The Hall–Kier alpha value is -5.05. The summed E-state index contributed by atoms with van der Waals surface area (Å²) in [5, 5.41) is 29.6. The second-order valence-electron chi connectivity index (χ2n) is 15.9. The first-order valence-electron chi connectivity index (χ1n) is 22.1. The summed E-state index contributed by atoms with van der Waals surface area (Å²) in [7, 11) is 0. The number of hydrogen-bond donors (Lipinski definition) is 12. The van der Waals surface area contributed by atoms with Crippen molar-refractivity contribution in [3.63, 3.8) is 0 Å². The monoisotopic (exact) mass is 883 g/mol. The van der Waals surface area contributed by atoms with Gasteiger partial charge in [0.2, 0.25) is 47.3 Å². The normalized spacial score (nSPS) is 15.4. The number of carbonyl (C=O) groups is 8. The minimum absolute atomic E-state index is 0.0952. The largest absolute Gasteiger partial charge is 0.391 e. The van der Waals surface area contributed by atoms with E-state index in [1.807, 2.05) is 27.7 Å². The molecule has 0 aromatic carbocycles. The molecule has 0 aliphatic carbocycles. The molecule has 21 nitrogen and oxygen atoms in total. The number of nitrogens with one attached hydrogen (secondary N) is 7. The van der Waals surface area contributed by atoms with Gasteiger partial charge in [-0.1, -0.05) is 79.6 Å². The highest BCUT2D eigenvalue weighted by Gasteiger charge is 2.34. The first-order chi connectivity index (χ1) is 29.2. The Kier molecular flexibility index (Phi) is 29.2. The van der Waals surface area contributed by atoms with Gasteiger partial charge in [-0.05, 0) is 51.4 Å². The van der Waals surface area contributed by atoms with Crippen molar-refractivity contribution in [2.75, 3.05) is 13.1 Å². The Morgan fingerprint density at radius 2 is 1.05 bits per heavy atom. The first kappa shape index (κ1) is 57.0. The topological polar surface area (TPSA) is 357 Å². The highest BCUT2D eigenvalue weighted by molar-refractivity contribution is 5.95. The van der Waals surface area contributed by atoms with E-state index in [1.54, 1.807) is 6.92 Å². The molecule has 16 N–H and O–H groups in total. The van der Waals surface area contributed by atoms with Crippen LogP contribution in [0.2, 0.25) is 0 Å². The number of guanidine groups is 1. The minimum Gasteiger partial charge on any atom is -0.391 e. The first-order valence-corrected chi connectivity index (χ1v) is 22.1. The van der Waals surface area contributed by atoms with Gasteiger partial charge in [-0.15, -0.1) is 0 Å². The van der Waals surface area contributed by atoms with E-state index >= 15 is 0 Å². The van der Waals surface area contributed by atoms with Gasteiger partial charge in [-0.3, -0.25) is 43.3 Å². The summed E-state index contributed by atoms with van der Waals surface area (Å²) in [6, 6.07) is -7.03. The number of primary amides is 2. The average Bonchev–Trinajstić information content (AvgIpc) is 3.20. The van der Waals surface area contributed by atoms with Crippen LogP contribution in [0.3, 0.4) is 0 Å². The van der Waals surface area contributed by atoms with Crippen molar-refractivity contribution >= 4 is 53.2 Å². The lowest BCUT2D eigenvalue weighted by atomic mass is 9.96. The molecule has 0 radical (unpaired) electrons. The van der Waals surface area contributed by atoms with E-state index in [9.17, 15) is 43.5 Å². The smallest absolute Gasteiger partial charge is 0.245 e. The Bertz CT molecular complexity index is 1460. The summed E-state index contributed by atoms with van der Waals surface area (Å²) in [4.78, 5) is 108. The number of unbranched alkanes of at least 4 members (excludes halogenated alkanes) is 3. The molecule has 62 heavy (non-hydrogen) atoms. The summed E-state index contributed by atoms with van der Waals surface area (Å²) in [6.45, 7) is 12.5. The molecule has 0 aromatic heterocycles. The molecule has 356 valence electrons. The molecule has 21 heteroatoms. The standard InChI is InChI=1S/C41H78N12O9/c1-8-12-16-27(49-39(61)33(24(5)11-4)53-40(62)34(25(6)54)48-26(7)55)23-47-29(17-13-9-2)36(58)51-30(18-14-10-3)37(59)52-31(20-21-32(42)56)38(60)50-28(35(43)57)19-15-22-46-41(44)45/h24-25,27-31,33-34,47,54H,8-23H2,1-7H3,(H2,42,56)(H2,43,57)(H,48,55)(H,49,61)(H,50,60)(H,51,58)(H,52,59)(H,53,62)(H4,44,45,46)/t24-,25+,27-,28-,29-,30-,31-,33-,34-/m0/s1. The summed E-state index contributed by atoms with van der Waals surface area (Å²) < 4.78 is 0. The van der Waals surface area contributed by atoms with E-state index in [0.717, 1.165) is 19.3 Å². The van der Waals surface area contributed by atoms with Crippen molar-refractivity contribution in [3.8, 4) is 0 Å². The highest BCUT2D eigenvalue weighted by Crippen LogP contribution is 2.12. The number of nitrogens with zero attached hydrogens (tertiary/aromatic N) is 1. The Morgan fingerprint density at radius 3 is 1.53 bits per heavy atom. The van der Waals surface area contributed by atoms with Crippen LogP contribution in [-0.2, 0) is 38.4 Å². The maximum Gasteiger partial charge on any atom is 0.245 e. The number of rotatable bonds is 34. The van der Waals surface area contributed by atoms with Gasteiger partial charge in [0, 0.05) is 32.5 Å². The van der Waals surface area contributed by atoms with Crippen molar-refractivity contribution in [2.45, 2.75) is 187 Å².